The minimum Gasteiger partial charge on any atom is -0.475 e. The van der Waals surface area contributed by atoms with Gasteiger partial charge in [0.25, 0.3) is 0 Å². The zero-order chi connectivity index (χ0) is 29.0. The number of rotatable bonds is 5. The maximum atomic E-state index is 12.7. The van der Waals surface area contributed by atoms with Crippen molar-refractivity contribution in [1.82, 2.24) is 10.2 Å². The molecule has 0 spiro atoms. The molecule has 0 aromatic heterocycles. The monoisotopic (exact) mass is 597 g/mol. The van der Waals surface area contributed by atoms with Gasteiger partial charge in [0.1, 0.15) is 0 Å². The summed E-state index contributed by atoms with van der Waals surface area (Å²) in [6.07, 6.45) is 1.71. The van der Waals surface area contributed by atoms with Crippen LogP contribution in [0.5, 0.6) is 0 Å². The predicted octanol–water partition coefficient (Wildman–Crippen LogP) is 5.68. The van der Waals surface area contributed by atoms with Crippen molar-refractivity contribution in [2.75, 3.05) is 39.7 Å². The lowest BCUT2D eigenvalue weighted by Crippen LogP contribution is -2.51. The number of carbonyl (C=O) groups is 2. The molecule has 220 valence electrons. The fourth-order valence-electron chi connectivity index (χ4n) is 6.63. The van der Waals surface area contributed by atoms with Gasteiger partial charge in [-0.05, 0) is 81.0 Å². The van der Waals surface area contributed by atoms with Gasteiger partial charge in [-0.1, -0.05) is 23.2 Å². The number of alkyl halides is 3. The molecule has 1 heterocycles. The van der Waals surface area contributed by atoms with Crippen LogP contribution in [0.1, 0.15) is 38.5 Å². The van der Waals surface area contributed by atoms with E-state index in [2.05, 4.69) is 22.6 Å². The van der Waals surface area contributed by atoms with Crippen LogP contribution in [0, 0.1) is 17.3 Å². The molecule has 1 aromatic rings. The highest BCUT2D eigenvalue weighted by Crippen LogP contribution is 2.55. The van der Waals surface area contributed by atoms with Crippen molar-refractivity contribution in [2.45, 2.75) is 63.0 Å². The maximum Gasteiger partial charge on any atom is 0.490 e. The van der Waals surface area contributed by atoms with Crippen LogP contribution in [-0.4, -0.2) is 80.8 Å². The third-order valence-corrected chi connectivity index (χ3v) is 8.91. The van der Waals surface area contributed by atoms with Gasteiger partial charge in [0.2, 0.25) is 0 Å². The Morgan fingerprint density at radius 2 is 1.74 bits per heavy atom. The first kappa shape index (κ1) is 31.7. The standard InChI is InChI=1S/C24H35Cl2N3O3.C2HF3O2/c1-29-13-16-10-18(27-23(30)28-20-12-17(25)5-6-19(20)26)8-9-24(16,14-29)15-4-7-21(31-2)22(11-15)32-3;3-2(4,5)1(6)7/h5-6,12,15-16,18,21-22H,4,7-11,13-14H2,1-3H3,(H2,27,28,30);(H,6,7)/t15?,16-,18-,21?,22?,24+;/m1./s1. The fraction of sp³-hybridized carbons (Fsp3) is 0.692. The van der Waals surface area contributed by atoms with E-state index < -0.39 is 12.1 Å². The molecule has 0 radical (unpaired) electrons. The van der Waals surface area contributed by atoms with Gasteiger partial charge in [-0.2, -0.15) is 13.2 Å². The molecule has 2 aliphatic carbocycles. The minimum atomic E-state index is -5.08. The molecule has 4 rings (SSSR count). The molecule has 3 N–H and O–H groups in total. The molecule has 3 aliphatic rings. The van der Waals surface area contributed by atoms with Crippen molar-refractivity contribution in [3.63, 3.8) is 0 Å². The van der Waals surface area contributed by atoms with Gasteiger partial charge in [-0.25, -0.2) is 9.59 Å². The zero-order valence-electron chi connectivity index (χ0n) is 22.2. The Labute approximate surface area is 236 Å². The number of hydrogen-bond acceptors (Lipinski definition) is 5. The number of hydrogen-bond donors (Lipinski definition) is 3. The third-order valence-electron chi connectivity index (χ3n) is 8.34. The van der Waals surface area contributed by atoms with Crippen LogP contribution in [0.15, 0.2) is 18.2 Å². The highest BCUT2D eigenvalue weighted by molar-refractivity contribution is 6.35. The van der Waals surface area contributed by atoms with Gasteiger partial charge < -0.3 is 30.1 Å². The number of ether oxygens (including phenoxy) is 2. The lowest BCUT2D eigenvalue weighted by Gasteiger charge is -2.50. The van der Waals surface area contributed by atoms with E-state index in [1.165, 1.54) is 6.42 Å². The number of aliphatic carboxylic acids is 1. The second kappa shape index (κ2) is 13.2. The number of halogens is 5. The van der Waals surface area contributed by atoms with Crippen molar-refractivity contribution in [2.24, 2.45) is 17.3 Å². The highest BCUT2D eigenvalue weighted by Gasteiger charge is 2.54. The largest absolute Gasteiger partial charge is 0.490 e. The maximum absolute atomic E-state index is 12.7. The van der Waals surface area contributed by atoms with Crippen LogP contribution in [-0.2, 0) is 14.3 Å². The number of methoxy groups -OCH3 is 2. The van der Waals surface area contributed by atoms with Crippen LogP contribution in [0.25, 0.3) is 0 Å². The second-order valence-corrected chi connectivity index (χ2v) is 11.5. The van der Waals surface area contributed by atoms with Crippen LogP contribution in [0.2, 0.25) is 10.0 Å². The number of fused-ring (bicyclic) bond motifs is 1. The summed E-state index contributed by atoms with van der Waals surface area (Å²) in [5.74, 6) is -1.55. The van der Waals surface area contributed by atoms with E-state index in [0.717, 1.165) is 45.2 Å². The number of amides is 2. The SMILES string of the molecule is COC1CCC([C@@]23CC[C@@H](NC(=O)Nc4cc(Cl)ccc4Cl)C[C@@H]2CN(C)C3)CC1OC.O=C(O)C(F)(F)F. The van der Waals surface area contributed by atoms with E-state index in [0.29, 0.717) is 33.0 Å². The molecule has 1 aliphatic heterocycles. The molecule has 13 heteroatoms. The molecule has 1 aromatic carbocycles. The molecular formula is C26H36Cl2F3N3O5. The van der Waals surface area contributed by atoms with Crippen molar-refractivity contribution >= 4 is 40.9 Å². The minimum absolute atomic E-state index is 0.158. The fourth-order valence-corrected chi connectivity index (χ4v) is 6.96. The van der Waals surface area contributed by atoms with Crippen molar-refractivity contribution in [1.29, 1.82) is 0 Å². The summed E-state index contributed by atoms with van der Waals surface area (Å²) >= 11 is 12.2. The number of carbonyl (C=O) groups excluding carboxylic acids is 1. The van der Waals surface area contributed by atoms with Gasteiger partial charge in [0.15, 0.2) is 0 Å². The summed E-state index contributed by atoms with van der Waals surface area (Å²) in [5, 5.41) is 14.2. The Balaban J connectivity index is 0.000000532. The topological polar surface area (TPSA) is 100 Å². The van der Waals surface area contributed by atoms with E-state index in [9.17, 15) is 18.0 Å². The van der Waals surface area contributed by atoms with Gasteiger partial charge in [-0.3, -0.25) is 0 Å². The third kappa shape index (κ3) is 7.91. The van der Waals surface area contributed by atoms with Crippen LogP contribution in [0.3, 0.4) is 0 Å². The summed E-state index contributed by atoms with van der Waals surface area (Å²) in [6, 6.07) is 5.00. The molecule has 39 heavy (non-hydrogen) atoms. The Morgan fingerprint density at radius 1 is 1.08 bits per heavy atom. The Bertz CT molecular complexity index is 1020. The quantitative estimate of drug-likeness (QED) is 0.404. The predicted molar refractivity (Wildman–Crippen MR) is 142 cm³/mol. The number of nitrogens with zero attached hydrogens (tertiary/aromatic N) is 1. The average molecular weight is 598 g/mol. The lowest BCUT2D eigenvalue weighted by molar-refractivity contribution is -0.192. The van der Waals surface area contributed by atoms with E-state index in [1.54, 1.807) is 32.4 Å². The van der Waals surface area contributed by atoms with Gasteiger partial charge in [0, 0.05) is 38.4 Å². The molecule has 3 fully saturated rings. The first-order valence-electron chi connectivity index (χ1n) is 12.9. The first-order valence-corrected chi connectivity index (χ1v) is 13.6. The highest BCUT2D eigenvalue weighted by atomic mass is 35.5. The van der Waals surface area contributed by atoms with E-state index in [-0.39, 0.29) is 24.3 Å². The summed E-state index contributed by atoms with van der Waals surface area (Å²) in [6.45, 7) is 2.22. The van der Waals surface area contributed by atoms with Crippen molar-refractivity contribution in [3.8, 4) is 0 Å². The number of urea groups is 1. The van der Waals surface area contributed by atoms with E-state index in [1.807, 2.05) is 0 Å². The molecular weight excluding hydrogens is 562 g/mol. The summed E-state index contributed by atoms with van der Waals surface area (Å²) in [7, 11) is 5.82. The van der Waals surface area contributed by atoms with Gasteiger partial charge >= 0.3 is 18.2 Å². The lowest BCUT2D eigenvalue weighted by atomic mass is 9.57. The number of nitrogens with one attached hydrogen (secondary N) is 2. The van der Waals surface area contributed by atoms with Crippen LogP contribution >= 0.6 is 23.2 Å². The van der Waals surface area contributed by atoms with E-state index >= 15 is 0 Å². The zero-order valence-corrected chi connectivity index (χ0v) is 23.7. The number of likely N-dealkylation sites (tertiary alicyclic amines) is 1. The number of benzene rings is 1. The summed E-state index contributed by atoms with van der Waals surface area (Å²) in [5.41, 5.74) is 0.831. The molecule has 1 saturated heterocycles. The van der Waals surface area contributed by atoms with Crippen molar-refractivity contribution in [3.05, 3.63) is 28.2 Å². The Hall–Kier alpha value is -1.79. The first-order chi connectivity index (χ1) is 18.3. The summed E-state index contributed by atoms with van der Waals surface area (Å²) in [4.78, 5) is 24.0. The second-order valence-electron chi connectivity index (χ2n) is 10.7. The van der Waals surface area contributed by atoms with Crippen molar-refractivity contribution < 1.29 is 37.3 Å². The molecule has 0 bridgehead atoms. The van der Waals surface area contributed by atoms with E-state index in [4.69, 9.17) is 42.6 Å². The molecule has 2 saturated carbocycles. The number of carboxylic acids is 1. The molecule has 8 nitrogen and oxygen atoms in total. The molecule has 3 unspecified atom stereocenters. The summed E-state index contributed by atoms with van der Waals surface area (Å²) < 4.78 is 43.2. The Morgan fingerprint density at radius 3 is 2.36 bits per heavy atom. The molecule has 2 amide bonds. The normalized spacial score (nSPS) is 31.0. The number of carboxylic acid groups (broad SMARTS) is 1. The van der Waals surface area contributed by atoms with Crippen LogP contribution < -0.4 is 10.6 Å². The average Bonchev–Trinajstić information content (AvgIpc) is 3.21. The van der Waals surface area contributed by atoms with Gasteiger partial charge in [-0.15, -0.1) is 0 Å². The smallest absolute Gasteiger partial charge is 0.475 e. The van der Waals surface area contributed by atoms with Crippen LogP contribution in [0.4, 0.5) is 23.7 Å². The Kier molecular flexibility index (Phi) is 10.8. The molecule has 6 atom stereocenters. The number of anilines is 1. The van der Waals surface area contributed by atoms with Gasteiger partial charge in [0.05, 0.1) is 22.9 Å².